The van der Waals surface area contributed by atoms with Gasteiger partial charge in [0.25, 0.3) is 0 Å². The second-order valence-electron chi connectivity index (χ2n) is 3.98. The van der Waals surface area contributed by atoms with Gasteiger partial charge in [-0.1, -0.05) is 0 Å². The Bertz CT molecular complexity index is 259. The quantitative estimate of drug-likeness (QED) is 0.630. The van der Waals surface area contributed by atoms with Gasteiger partial charge < -0.3 is 9.84 Å². The van der Waals surface area contributed by atoms with Crippen molar-refractivity contribution in [2.45, 2.75) is 19.3 Å². The molecule has 0 saturated heterocycles. The molecule has 0 radical (unpaired) electrons. The fourth-order valence-corrected chi connectivity index (χ4v) is 2.48. The van der Waals surface area contributed by atoms with Crippen LogP contribution in [0.1, 0.15) is 19.3 Å². The normalized spacial score (nSPS) is 41.9. The van der Waals surface area contributed by atoms with Crippen molar-refractivity contribution in [3.05, 3.63) is 0 Å². The zero-order valence-corrected chi connectivity index (χ0v) is 6.54. The van der Waals surface area contributed by atoms with E-state index in [0.29, 0.717) is 0 Å². The zero-order valence-electron chi connectivity index (χ0n) is 6.54. The van der Waals surface area contributed by atoms with Crippen LogP contribution in [0.15, 0.2) is 0 Å². The summed E-state index contributed by atoms with van der Waals surface area (Å²) in [6.45, 7) is 0.270. The van der Waals surface area contributed by atoms with Gasteiger partial charge in [-0.15, -0.1) is 0 Å². The highest BCUT2D eigenvalue weighted by Gasteiger charge is 2.68. The third-order valence-corrected chi connectivity index (χ3v) is 2.88. The SMILES string of the molecule is N#CC12CC(COC(=O)O)(C1)C2. The molecule has 0 aromatic rings. The second kappa shape index (κ2) is 1.92. The molecule has 3 saturated carbocycles. The van der Waals surface area contributed by atoms with Crippen molar-refractivity contribution >= 4 is 6.16 Å². The van der Waals surface area contributed by atoms with Gasteiger partial charge in [0.15, 0.2) is 0 Å². The summed E-state index contributed by atoms with van der Waals surface area (Å²) in [4.78, 5) is 10.1. The van der Waals surface area contributed by atoms with Crippen molar-refractivity contribution in [3.63, 3.8) is 0 Å². The molecule has 0 heterocycles. The Hall–Kier alpha value is -1.24. The van der Waals surface area contributed by atoms with Crippen LogP contribution < -0.4 is 0 Å². The topological polar surface area (TPSA) is 70.3 Å². The number of ether oxygens (including phenoxy) is 1. The van der Waals surface area contributed by atoms with Gasteiger partial charge in [-0.25, -0.2) is 4.79 Å². The Morgan fingerprint density at radius 1 is 1.58 bits per heavy atom. The molecule has 2 bridgehead atoms. The lowest BCUT2D eigenvalue weighted by atomic mass is 9.36. The highest BCUT2D eigenvalue weighted by molar-refractivity contribution is 5.57. The average Bonchev–Trinajstić information content (AvgIpc) is 1.82. The minimum atomic E-state index is -1.22. The van der Waals surface area contributed by atoms with Crippen LogP contribution in [-0.4, -0.2) is 17.9 Å². The summed E-state index contributed by atoms with van der Waals surface area (Å²) in [6, 6.07) is 2.25. The lowest BCUT2D eigenvalue weighted by molar-refractivity contribution is -0.189. The molecule has 0 atom stereocenters. The van der Waals surface area contributed by atoms with Crippen LogP contribution in [-0.2, 0) is 4.74 Å². The smallest absolute Gasteiger partial charge is 0.450 e. The highest BCUT2D eigenvalue weighted by atomic mass is 16.7. The molecule has 0 unspecified atom stereocenters. The number of hydrogen-bond donors (Lipinski definition) is 1. The minimum Gasteiger partial charge on any atom is -0.450 e. The zero-order chi connectivity index (χ0) is 8.82. The van der Waals surface area contributed by atoms with Crippen molar-refractivity contribution in [2.24, 2.45) is 10.8 Å². The van der Waals surface area contributed by atoms with Gasteiger partial charge in [0, 0.05) is 5.41 Å². The first kappa shape index (κ1) is 7.41. The summed E-state index contributed by atoms with van der Waals surface area (Å²) >= 11 is 0. The monoisotopic (exact) mass is 167 g/mol. The van der Waals surface area contributed by atoms with E-state index in [1.165, 1.54) is 0 Å². The van der Waals surface area contributed by atoms with Gasteiger partial charge in [0.1, 0.15) is 6.61 Å². The molecular formula is C8H9NO3. The first-order valence-corrected chi connectivity index (χ1v) is 3.87. The molecule has 4 heteroatoms. The van der Waals surface area contributed by atoms with E-state index in [0.717, 1.165) is 19.3 Å². The summed E-state index contributed by atoms with van der Waals surface area (Å²) in [7, 11) is 0. The fourth-order valence-electron chi connectivity index (χ4n) is 2.48. The number of hydrogen-bond acceptors (Lipinski definition) is 3. The molecule has 0 aliphatic heterocycles. The van der Waals surface area contributed by atoms with E-state index in [1.807, 2.05) is 0 Å². The van der Waals surface area contributed by atoms with Crippen molar-refractivity contribution in [1.82, 2.24) is 0 Å². The maximum Gasteiger partial charge on any atom is 0.505 e. The molecule has 64 valence electrons. The number of carbonyl (C=O) groups is 1. The predicted octanol–water partition coefficient (Wildman–Crippen LogP) is 1.37. The van der Waals surface area contributed by atoms with E-state index in [1.54, 1.807) is 0 Å². The molecule has 0 aromatic heterocycles. The maximum atomic E-state index is 10.1. The van der Waals surface area contributed by atoms with Gasteiger partial charge in [-0.2, -0.15) is 5.26 Å². The largest absolute Gasteiger partial charge is 0.505 e. The van der Waals surface area contributed by atoms with Crippen LogP contribution in [0.2, 0.25) is 0 Å². The lowest BCUT2D eigenvalue weighted by Gasteiger charge is -2.66. The molecular weight excluding hydrogens is 158 g/mol. The van der Waals surface area contributed by atoms with E-state index in [-0.39, 0.29) is 17.4 Å². The summed E-state index contributed by atoms with van der Waals surface area (Å²) in [6.07, 6.45) is 1.25. The van der Waals surface area contributed by atoms with E-state index in [2.05, 4.69) is 10.8 Å². The van der Waals surface area contributed by atoms with Gasteiger partial charge in [-0.05, 0) is 19.3 Å². The van der Waals surface area contributed by atoms with Crippen LogP contribution in [0.25, 0.3) is 0 Å². The number of nitrogens with zero attached hydrogens (tertiary/aromatic N) is 1. The molecule has 0 aromatic carbocycles. The molecule has 3 aliphatic carbocycles. The predicted molar refractivity (Wildman–Crippen MR) is 38.3 cm³/mol. The average molecular weight is 167 g/mol. The molecule has 1 N–H and O–H groups in total. The molecule has 4 nitrogen and oxygen atoms in total. The lowest BCUT2D eigenvalue weighted by Crippen LogP contribution is -2.63. The standard InChI is InChI=1S/C8H9NO3/c9-4-7-1-8(2-7,3-7)5-12-6(10)11/h1-3,5H2,(H,10,11). The summed E-state index contributed by atoms with van der Waals surface area (Å²) in [5, 5.41) is 16.9. The summed E-state index contributed by atoms with van der Waals surface area (Å²) in [5.74, 6) is 0. The molecule has 0 amide bonds. The van der Waals surface area contributed by atoms with Crippen molar-refractivity contribution in [1.29, 1.82) is 5.26 Å². The Morgan fingerprint density at radius 2 is 2.17 bits per heavy atom. The molecule has 3 rings (SSSR count). The van der Waals surface area contributed by atoms with Gasteiger partial charge in [0.05, 0.1) is 11.5 Å². The van der Waals surface area contributed by atoms with Crippen molar-refractivity contribution in [2.75, 3.05) is 6.61 Å². The van der Waals surface area contributed by atoms with Crippen LogP contribution in [0.3, 0.4) is 0 Å². The second-order valence-corrected chi connectivity index (χ2v) is 3.98. The van der Waals surface area contributed by atoms with Crippen LogP contribution in [0.5, 0.6) is 0 Å². The van der Waals surface area contributed by atoms with Gasteiger partial charge in [-0.3, -0.25) is 0 Å². The molecule has 12 heavy (non-hydrogen) atoms. The van der Waals surface area contributed by atoms with E-state index < -0.39 is 6.16 Å². The number of nitriles is 1. The van der Waals surface area contributed by atoms with Crippen molar-refractivity contribution in [3.8, 4) is 6.07 Å². The highest BCUT2D eigenvalue weighted by Crippen LogP contribution is 2.72. The van der Waals surface area contributed by atoms with Gasteiger partial charge >= 0.3 is 6.16 Å². The first-order chi connectivity index (χ1) is 5.60. The summed E-state index contributed by atoms with van der Waals surface area (Å²) < 4.78 is 4.48. The molecule has 0 spiro atoms. The third kappa shape index (κ3) is 0.795. The van der Waals surface area contributed by atoms with E-state index >= 15 is 0 Å². The molecule has 3 fully saturated rings. The third-order valence-electron chi connectivity index (χ3n) is 2.88. The van der Waals surface area contributed by atoms with Gasteiger partial charge in [0.2, 0.25) is 0 Å². The summed E-state index contributed by atoms with van der Waals surface area (Å²) in [5.41, 5.74) is -0.0734. The molecule has 3 aliphatic rings. The van der Waals surface area contributed by atoms with Crippen LogP contribution in [0.4, 0.5) is 4.79 Å². The number of rotatable bonds is 2. The maximum absolute atomic E-state index is 10.1. The van der Waals surface area contributed by atoms with Crippen LogP contribution >= 0.6 is 0 Å². The Labute approximate surface area is 69.7 Å². The number of carboxylic acid groups (broad SMARTS) is 1. The Morgan fingerprint density at radius 3 is 2.58 bits per heavy atom. The van der Waals surface area contributed by atoms with Crippen molar-refractivity contribution < 1.29 is 14.6 Å². The van der Waals surface area contributed by atoms with Crippen LogP contribution in [0, 0.1) is 22.2 Å². The fraction of sp³-hybridized carbons (Fsp3) is 0.750. The Balaban J connectivity index is 1.82. The van der Waals surface area contributed by atoms with E-state index in [4.69, 9.17) is 10.4 Å². The van der Waals surface area contributed by atoms with E-state index in [9.17, 15) is 4.79 Å². The minimum absolute atomic E-state index is 0.0358. The Kier molecular flexibility index (Phi) is 1.18. The first-order valence-electron chi connectivity index (χ1n) is 3.87.